The van der Waals surface area contributed by atoms with Gasteiger partial charge in [0.1, 0.15) is 5.54 Å². The third-order valence-electron chi connectivity index (χ3n) is 2.53. The summed E-state index contributed by atoms with van der Waals surface area (Å²) in [6, 6.07) is 0. The molecular formula is C11H19NO2. The van der Waals surface area contributed by atoms with E-state index in [-0.39, 0.29) is 0 Å². The van der Waals surface area contributed by atoms with Crippen molar-refractivity contribution in [3.05, 3.63) is 23.8 Å². The molecule has 0 aromatic heterocycles. The van der Waals surface area contributed by atoms with Gasteiger partial charge in [0.15, 0.2) is 0 Å². The monoisotopic (exact) mass is 197 g/mol. The predicted molar refractivity (Wildman–Crippen MR) is 58.3 cm³/mol. The molecular weight excluding hydrogens is 178 g/mol. The average molecular weight is 197 g/mol. The van der Waals surface area contributed by atoms with Crippen molar-refractivity contribution in [3.63, 3.8) is 0 Å². The Morgan fingerprint density at radius 2 is 1.86 bits per heavy atom. The Kier molecular flexibility index (Phi) is 4.57. The quantitative estimate of drug-likeness (QED) is 0.700. The molecule has 1 unspecified atom stereocenters. The van der Waals surface area contributed by atoms with Crippen molar-refractivity contribution in [1.29, 1.82) is 0 Å². The minimum atomic E-state index is -0.957. The highest BCUT2D eigenvalue weighted by Crippen LogP contribution is 2.23. The molecule has 3 heteroatoms. The number of allylic oxidation sites excluding steroid dienone is 2. The van der Waals surface area contributed by atoms with Crippen molar-refractivity contribution >= 4 is 5.97 Å². The molecule has 3 nitrogen and oxygen atoms in total. The maximum Gasteiger partial charge on any atom is 0.328 e. The first-order valence-corrected chi connectivity index (χ1v) is 4.61. The van der Waals surface area contributed by atoms with Gasteiger partial charge in [-0.2, -0.15) is 0 Å². The molecule has 0 rings (SSSR count). The smallest absolute Gasteiger partial charge is 0.328 e. The molecule has 0 radical (unpaired) electrons. The zero-order valence-electron chi connectivity index (χ0n) is 9.53. The zero-order chi connectivity index (χ0) is 11.4. The Labute approximate surface area is 85.7 Å². The van der Waals surface area contributed by atoms with Crippen molar-refractivity contribution in [2.75, 3.05) is 14.1 Å². The van der Waals surface area contributed by atoms with Crippen LogP contribution in [-0.2, 0) is 4.79 Å². The third-order valence-corrected chi connectivity index (χ3v) is 2.53. The van der Waals surface area contributed by atoms with E-state index >= 15 is 0 Å². The SMILES string of the molecule is C/C=C\C(=C/C)C(C)(C(=O)O)N(C)C. The average Bonchev–Trinajstić information content (AvgIpc) is 2.12. The normalized spacial score (nSPS) is 17.4. The number of hydrogen-bond donors (Lipinski definition) is 1. The summed E-state index contributed by atoms with van der Waals surface area (Å²) in [7, 11) is 3.53. The van der Waals surface area contributed by atoms with Gasteiger partial charge in [0.2, 0.25) is 0 Å². The largest absolute Gasteiger partial charge is 0.480 e. The molecule has 0 saturated carbocycles. The van der Waals surface area contributed by atoms with Crippen LogP contribution in [0, 0.1) is 0 Å². The Hall–Kier alpha value is -1.09. The maximum atomic E-state index is 11.2. The van der Waals surface area contributed by atoms with Gasteiger partial charge in [-0.1, -0.05) is 18.2 Å². The van der Waals surface area contributed by atoms with Crippen molar-refractivity contribution in [3.8, 4) is 0 Å². The zero-order valence-corrected chi connectivity index (χ0v) is 9.53. The fourth-order valence-corrected chi connectivity index (χ4v) is 1.29. The highest BCUT2D eigenvalue weighted by Gasteiger charge is 2.37. The van der Waals surface area contributed by atoms with Crippen LogP contribution in [0.3, 0.4) is 0 Å². The van der Waals surface area contributed by atoms with Gasteiger partial charge < -0.3 is 5.11 Å². The van der Waals surface area contributed by atoms with E-state index in [1.54, 1.807) is 25.9 Å². The predicted octanol–water partition coefficient (Wildman–Crippen LogP) is 1.91. The lowest BCUT2D eigenvalue weighted by Crippen LogP contribution is -2.49. The molecule has 0 aromatic rings. The van der Waals surface area contributed by atoms with Gasteiger partial charge in [-0.3, -0.25) is 4.90 Å². The number of hydrogen-bond acceptors (Lipinski definition) is 2. The second kappa shape index (κ2) is 4.96. The van der Waals surface area contributed by atoms with Crippen molar-refractivity contribution in [2.24, 2.45) is 0 Å². The minimum absolute atomic E-state index is 0.789. The Morgan fingerprint density at radius 1 is 1.36 bits per heavy atom. The van der Waals surface area contributed by atoms with Gasteiger partial charge in [-0.05, 0) is 40.4 Å². The van der Waals surface area contributed by atoms with E-state index in [4.69, 9.17) is 0 Å². The molecule has 0 bridgehead atoms. The first kappa shape index (κ1) is 12.9. The number of aliphatic carboxylic acids is 1. The Bertz CT molecular complexity index is 266. The summed E-state index contributed by atoms with van der Waals surface area (Å²) < 4.78 is 0. The number of carbonyl (C=O) groups is 1. The molecule has 0 spiro atoms. The minimum Gasteiger partial charge on any atom is -0.480 e. The highest BCUT2D eigenvalue weighted by molar-refractivity contribution is 5.83. The van der Waals surface area contributed by atoms with Crippen LogP contribution in [0.25, 0.3) is 0 Å². The van der Waals surface area contributed by atoms with Gasteiger partial charge in [0.05, 0.1) is 0 Å². The second-order valence-corrected chi connectivity index (χ2v) is 3.52. The lowest BCUT2D eigenvalue weighted by atomic mass is 9.90. The van der Waals surface area contributed by atoms with E-state index in [2.05, 4.69) is 0 Å². The molecule has 0 heterocycles. The lowest BCUT2D eigenvalue weighted by molar-refractivity contribution is -0.146. The molecule has 1 atom stereocenters. The highest BCUT2D eigenvalue weighted by atomic mass is 16.4. The summed E-state index contributed by atoms with van der Waals surface area (Å²) in [6.07, 6.45) is 5.50. The number of carboxylic acid groups (broad SMARTS) is 1. The van der Waals surface area contributed by atoms with Crippen LogP contribution >= 0.6 is 0 Å². The first-order valence-electron chi connectivity index (χ1n) is 4.61. The topological polar surface area (TPSA) is 40.5 Å². The molecule has 0 saturated heterocycles. The number of likely N-dealkylation sites (N-methyl/N-ethyl adjacent to an activating group) is 1. The van der Waals surface area contributed by atoms with E-state index in [9.17, 15) is 9.90 Å². The van der Waals surface area contributed by atoms with Crippen LogP contribution < -0.4 is 0 Å². The molecule has 1 N–H and O–H groups in total. The number of nitrogens with zero attached hydrogens (tertiary/aromatic N) is 1. The van der Waals surface area contributed by atoms with Gasteiger partial charge in [0.25, 0.3) is 0 Å². The Balaban J connectivity index is 5.30. The van der Waals surface area contributed by atoms with Crippen molar-refractivity contribution < 1.29 is 9.90 Å². The molecule has 0 fully saturated rings. The molecule has 0 aliphatic rings. The molecule has 14 heavy (non-hydrogen) atoms. The molecule has 0 amide bonds. The maximum absolute atomic E-state index is 11.2. The number of rotatable bonds is 4. The molecule has 0 aliphatic heterocycles. The van der Waals surface area contributed by atoms with Crippen LogP contribution in [0.5, 0.6) is 0 Å². The fourth-order valence-electron chi connectivity index (χ4n) is 1.29. The van der Waals surface area contributed by atoms with Crippen LogP contribution in [0.15, 0.2) is 23.8 Å². The van der Waals surface area contributed by atoms with Crippen LogP contribution in [0.1, 0.15) is 20.8 Å². The molecule has 0 aliphatic carbocycles. The second-order valence-electron chi connectivity index (χ2n) is 3.52. The van der Waals surface area contributed by atoms with Crippen molar-refractivity contribution in [2.45, 2.75) is 26.3 Å². The van der Waals surface area contributed by atoms with Crippen LogP contribution in [0.4, 0.5) is 0 Å². The van der Waals surface area contributed by atoms with Gasteiger partial charge >= 0.3 is 5.97 Å². The fraction of sp³-hybridized carbons (Fsp3) is 0.545. The summed E-state index contributed by atoms with van der Waals surface area (Å²) in [6.45, 7) is 5.42. The number of carboxylic acids is 1. The van der Waals surface area contributed by atoms with E-state index in [1.165, 1.54) is 0 Å². The standard InChI is InChI=1S/C11H19NO2/c1-6-8-9(7-2)11(3,10(13)14)12(4)5/h6-8H,1-5H3,(H,13,14)/b8-6-,9-7+. The van der Waals surface area contributed by atoms with E-state index < -0.39 is 11.5 Å². The van der Waals surface area contributed by atoms with E-state index in [1.807, 2.05) is 32.1 Å². The first-order chi connectivity index (χ1) is 6.41. The van der Waals surface area contributed by atoms with E-state index in [0.717, 1.165) is 5.57 Å². The van der Waals surface area contributed by atoms with Gasteiger partial charge in [-0.15, -0.1) is 0 Å². The molecule has 80 valence electrons. The van der Waals surface area contributed by atoms with Crippen LogP contribution in [-0.4, -0.2) is 35.6 Å². The van der Waals surface area contributed by atoms with E-state index in [0.29, 0.717) is 0 Å². The molecule has 0 aromatic carbocycles. The van der Waals surface area contributed by atoms with Gasteiger partial charge in [-0.25, -0.2) is 4.79 Å². The van der Waals surface area contributed by atoms with Gasteiger partial charge in [0, 0.05) is 0 Å². The lowest BCUT2D eigenvalue weighted by Gasteiger charge is -2.33. The summed E-state index contributed by atoms with van der Waals surface area (Å²) in [5.41, 5.74) is -0.168. The summed E-state index contributed by atoms with van der Waals surface area (Å²) >= 11 is 0. The summed E-state index contributed by atoms with van der Waals surface area (Å²) in [5, 5.41) is 9.21. The third kappa shape index (κ3) is 2.23. The van der Waals surface area contributed by atoms with Crippen LogP contribution in [0.2, 0.25) is 0 Å². The summed E-state index contributed by atoms with van der Waals surface area (Å²) in [4.78, 5) is 12.9. The van der Waals surface area contributed by atoms with Crippen molar-refractivity contribution in [1.82, 2.24) is 4.90 Å². The Morgan fingerprint density at radius 3 is 2.07 bits per heavy atom. The summed E-state index contributed by atoms with van der Waals surface area (Å²) in [5.74, 6) is -0.839.